The Morgan fingerprint density at radius 1 is 1.17 bits per heavy atom. The van der Waals surface area contributed by atoms with Crippen molar-refractivity contribution in [2.24, 2.45) is 27.6 Å². The number of benzene rings is 2. The minimum absolute atomic E-state index is 0.464. The van der Waals surface area contributed by atoms with Crippen molar-refractivity contribution < 1.29 is 4.74 Å². The van der Waals surface area contributed by atoms with Crippen LogP contribution >= 0.6 is 0 Å². The van der Waals surface area contributed by atoms with Crippen LogP contribution in [-0.4, -0.2) is 37.1 Å². The van der Waals surface area contributed by atoms with Gasteiger partial charge in [0.2, 0.25) is 0 Å². The molecule has 3 N–H and O–H groups in total. The average molecular weight is 486 g/mol. The number of hydrogen-bond acceptors (Lipinski definition) is 6. The van der Waals surface area contributed by atoms with Crippen molar-refractivity contribution in [3.8, 4) is 5.75 Å². The SMILES string of the molecule is C=N/C(=C1/C(N)=NC=CN1CC1CCC(CNCCCC)C1)c1cccc(OCc2ccccc2)c1. The van der Waals surface area contributed by atoms with E-state index in [-0.39, 0.29) is 0 Å². The number of unbranched alkanes of at least 4 members (excludes halogenated alkanes) is 1. The van der Waals surface area contributed by atoms with E-state index in [4.69, 9.17) is 10.5 Å². The second-order valence-electron chi connectivity index (χ2n) is 9.73. The third-order valence-electron chi connectivity index (χ3n) is 6.97. The lowest BCUT2D eigenvalue weighted by atomic mass is 10.0. The zero-order chi connectivity index (χ0) is 25.2. The van der Waals surface area contributed by atoms with Crippen molar-refractivity contribution in [3.63, 3.8) is 0 Å². The molecule has 0 aromatic heterocycles. The highest BCUT2D eigenvalue weighted by atomic mass is 16.5. The first-order chi connectivity index (χ1) is 17.7. The van der Waals surface area contributed by atoms with Crippen LogP contribution < -0.4 is 15.8 Å². The molecular weight excluding hydrogens is 446 g/mol. The lowest BCUT2D eigenvalue weighted by molar-refractivity contribution is 0.306. The molecular formula is C30H39N5O. The predicted octanol–water partition coefficient (Wildman–Crippen LogP) is 5.58. The van der Waals surface area contributed by atoms with Gasteiger partial charge in [0, 0.05) is 24.5 Å². The van der Waals surface area contributed by atoms with Gasteiger partial charge in [0.05, 0.1) is 5.70 Å². The molecule has 4 rings (SSSR count). The van der Waals surface area contributed by atoms with Crippen LogP contribution in [0.5, 0.6) is 5.75 Å². The van der Waals surface area contributed by atoms with Crippen molar-refractivity contribution in [3.05, 3.63) is 83.8 Å². The van der Waals surface area contributed by atoms with Crippen LogP contribution in [0.1, 0.15) is 50.2 Å². The largest absolute Gasteiger partial charge is 0.489 e. The summed E-state index contributed by atoms with van der Waals surface area (Å²) in [6.07, 6.45) is 10.0. The minimum atomic E-state index is 0.464. The molecule has 2 atom stereocenters. The number of ether oxygens (including phenoxy) is 1. The van der Waals surface area contributed by atoms with E-state index in [1.54, 1.807) is 6.20 Å². The molecule has 36 heavy (non-hydrogen) atoms. The van der Waals surface area contributed by atoms with E-state index in [0.717, 1.165) is 53.8 Å². The van der Waals surface area contributed by atoms with E-state index in [2.05, 4.69) is 46.0 Å². The Kier molecular flexibility index (Phi) is 9.33. The maximum Gasteiger partial charge on any atom is 0.149 e. The maximum atomic E-state index is 6.42. The van der Waals surface area contributed by atoms with E-state index in [9.17, 15) is 0 Å². The molecule has 190 valence electrons. The first-order valence-corrected chi connectivity index (χ1v) is 13.1. The fraction of sp³-hybridized carbons (Fsp3) is 0.400. The summed E-state index contributed by atoms with van der Waals surface area (Å²) in [4.78, 5) is 11.0. The molecule has 2 unspecified atom stereocenters. The van der Waals surface area contributed by atoms with Crippen molar-refractivity contribution in [1.82, 2.24) is 10.2 Å². The van der Waals surface area contributed by atoms with E-state index in [1.165, 1.54) is 32.1 Å². The van der Waals surface area contributed by atoms with Gasteiger partial charge in [-0.2, -0.15) is 0 Å². The lowest BCUT2D eigenvalue weighted by Gasteiger charge is -2.29. The maximum absolute atomic E-state index is 6.42. The standard InChI is InChI=1S/C30H39N5O/c1-3-4-15-33-20-24-13-14-25(18-24)21-35-17-16-34-30(31)29(35)28(32-2)26-11-8-12-27(19-26)36-22-23-9-6-5-7-10-23/h5-12,16-17,19,24-25,33H,2-4,13-15,18,20-22H2,1H3,(H2,31,34)/b29-28-. The van der Waals surface area contributed by atoms with Gasteiger partial charge in [-0.1, -0.05) is 55.8 Å². The van der Waals surface area contributed by atoms with Crippen molar-refractivity contribution in [2.75, 3.05) is 19.6 Å². The highest BCUT2D eigenvalue weighted by Crippen LogP contribution is 2.34. The molecule has 0 amide bonds. The second-order valence-corrected chi connectivity index (χ2v) is 9.73. The molecule has 2 aromatic rings. The van der Waals surface area contributed by atoms with Gasteiger partial charge >= 0.3 is 0 Å². The molecule has 1 fully saturated rings. The summed E-state index contributed by atoms with van der Waals surface area (Å²) in [5, 5.41) is 3.63. The Morgan fingerprint density at radius 3 is 2.81 bits per heavy atom. The first kappa shape index (κ1) is 25.7. The van der Waals surface area contributed by atoms with E-state index < -0.39 is 0 Å². The first-order valence-electron chi connectivity index (χ1n) is 13.1. The minimum Gasteiger partial charge on any atom is -0.489 e. The number of rotatable bonds is 12. The van der Waals surface area contributed by atoms with Crippen molar-refractivity contribution in [2.45, 2.75) is 45.6 Å². The molecule has 1 heterocycles. The predicted molar refractivity (Wildman–Crippen MR) is 150 cm³/mol. The molecule has 0 spiro atoms. The van der Waals surface area contributed by atoms with Crippen LogP contribution in [0.15, 0.2) is 82.7 Å². The topological polar surface area (TPSA) is 75.2 Å². The summed E-state index contributed by atoms with van der Waals surface area (Å²) in [6.45, 7) is 9.76. The Labute approximate surface area is 215 Å². The zero-order valence-corrected chi connectivity index (χ0v) is 21.4. The fourth-order valence-corrected chi connectivity index (χ4v) is 5.08. The number of nitrogens with one attached hydrogen (secondary N) is 1. The van der Waals surface area contributed by atoms with Gasteiger partial charge in [-0.3, -0.25) is 4.99 Å². The van der Waals surface area contributed by atoms with Crippen LogP contribution in [0.3, 0.4) is 0 Å². The van der Waals surface area contributed by atoms with Crippen LogP contribution in [0.2, 0.25) is 0 Å². The molecule has 0 radical (unpaired) electrons. The van der Waals surface area contributed by atoms with Gasteiger partial charge in [-0.15, -0.1) is 0 Å². The lowest BCUT2D eigenvalue weighted by Crippen LogP contribution is -2.34. The highest BCUT2D eigenvalue weighted by Gasteiger charge is 2.29. The van der Waals surface area contributed by atoms with Crippen LogP contribution in [0.4, 0.5) is 0 Å². The molecule has 1 aliphatic heterocycles. The van der Waals surface area contributed by atoms with Crippen LogP contribution in [0.25, 0.3) is 5.70 Å². The van der Waals surface area contributed by atoms with Gasteiger partial charge in [0.1, 0.15) is 23.9 Å². The van der Waals surface area contributed by atoms with Gasteiger partial charge in [0.25, 0.3) is 0 Å². The van der Waals surface area contributed by atoms with Gasteiger partial charge in [-0.25, -0.2) is 4.99 Å². The molecule has 0 bridgehead atoms. The summed E-state index contributed by atoms with van der Waals surface area (Å²) in [5.41, 5.74) is 10.00. The third kappa shape index (κ3) is 6.85. The smallest absolute Gasteiger partial charge is 0.149 e. The van der Waals surface area contributed by atoms with Crippen LogP contribution in [0, 0.1) is 11.8 Å². The molecule has 2 aliphatic rings. The molecule has 0 saturated heterocycles. The molecule has 1 aliphatic carbocycles. The monoisotopic (exact) mass is 485 g/mol. The Morgan fingerprint density at radius 2 is 2.00 bits per heavy atom. The summed E-state index contributed by atoms with van der Waals surface area (Å²) in [7, 11) is 0. The second kappa shape index (κ2) is 13.1. The van der Waals surface area contributed by atoms with Gasteiger partial charge in [-0.05, 0) is 75.0 Å². The number of amidine groups is 1. The van der Waals surface area contributed by atoms with E-state index in [1.807, 2.05) is 48.7 Å². The van der Waals surface area contributed by atoms with Crippen LogP contribution in [-0.2, 0) is 6.61 Å². The van der Waals surface area contributed by atoms with Crippen molar-refractivity contribution >= 4 is 18.3 Å². The third-order valence-corrected chi connectivity index (χ3v) is 6.97. The zero-order valence-electron chi connectivity index (χ0n) is 21.4. The number of nitrogens with zero attached hydrogens (tertiary/aromatic N) is 3. The number of hydrogen-bond donors (Lipinski definition) is 2. The Bertz CT molecular complexity index is 1090. The molecule has 1 saturated carbocycles. The van der Waals surface area contributed by atoms with Gasteiger partial charge in [0.15, 0.2) is 0 Å². The fourth-order valence-electron chi connectivity index (χ4n) is 5.08. The molecule has 6 nitrogen and oxygen atoms in total. The van der Waals surface area contributed by atoms with E-state index in [0.29, 0.717) is 18.4 Å². The average Bonchev–Trinajstić information content (AvgIpc) is 3.35. The quantitative estimate of drug-likeness (QED) is 0.304. The van der Waals surface area contributed by atoms with E-state index >= 15 is 0 Å². The summed E-state index contributed by atoms with van der Waals surface area (Å²) in [5.74, 6) is 2.60. The molecule has 2 aromatic carbocycles. The summed E-state index contributed by atoms with van der Waals surface area (Å²) in [6, 6.07) is 18.1. The normalized spacial score (nSPS) is 20.8. The number of nitrogens with two attached hydrogens (primary N) is 1. The van der Waals surface area contributed by atoms with Gasteiger partial charge < -0.3 is 20.7 Å². The Hall–Kier alpha value is -3.38. The highest BCUT2D eigenvalue weighted by molar-refractivity contribution is 6.04. The Balaban J connectivity index is 1.47. The number of aliphatic imine (C=N–C) groups is 2. The molecule has 6 heteroatoms. The summed E-state index contributed by atoms with van der Waals surface area (Å²) >= 11 is 0. The summed E-state index contributed by atoms with van der Waals surface area (Å²) < 4.78 is 6.06. The van der Waals surface area contributed by atoms with Crippen molar-refractivity contribution in [1.29, 1.82) is 0 Å².